The van der Waals surface area contributed by atoms with Crippen LogP contribution in [0.2, 0.25) is 10.0 Å². The lowest BCUT2D eigenvalue weighted by Gasteiger charge is -2.19. The van der Waals surface area contributed by atoms with Crippen molar-refractivity contribution in [2.45, 2.75) is 18.9 Å². The molecule has 0 fully saturated rings. The normalized spacial score (nSPS) is 10.9. The van der Waals surface area contributed by atoms with Crippen LogP contribution in [0.15, 0.2) is 72.8 Å². The van der Waals surface area contributed by atoms with Crippen LogP contribution in [0.25, 0.3) is 0 Å². The molecular weight excluding hydrogens is 491 g/mol. The van der Waals surface area contributed by atoms with Crippen molar-refractivity contribution in [1.82, 2.24) is 0 Å². The number of esters is 1. The molecule has 0 aliphatic heterocycles. The standard InChI is InChI=1S/C27H28Cl2O4S/c1-31-26(30)19-33-25-14-4-20(5-15-25)3-2-17-34-18-16-32-27(21-6-10-23(28)11-7-21)22-8-12-24(29)13-9-22/h4-15,27H,2-3,16-19H2,1H3. The minimum atomic E-state index is -0.391. The first-order valence-corrected chi connectivity index (χ1v) is 12.9. The molecule has 0 saturated carbocycles. The van der Waals surface area contributed by atoms with Crippen molar-refractivity contribution in [3.05, 3.63) is 99.5 Å². The third kappa shape index (κ3) is 8.88. The first-order chi connectivity index (χ1) is 16.5. The molecule has 0 N–H and O–H groups in total. The Hall–Kier alpha value is -2.18. The summed E-state index contributed by atoms with van der Waals surface area (Å²) < 4.78 is 16.2. The Morgan fingerprint density at radius 2 is 1.44 bits per heavy atom. The lowest BCUT2D eigenvalue weighted by Crippen LogP contribution is -2.12. The molecule has 0 amide bonds. The molecule has 0 heterocycles. The number of carbonyl (C=O) groups excluding carboxylic acids is 1. The van der Waals surface area contributed by atoms with Crippen molar-refractivity contribution in [3.63, 3.8) is 0 Å². The van der Waals surface area contributed by atoms with Crippen LogP contribution in [0.3, 0.4) is 0 Å². The molecular formula is C27H28Cl2O4S. The van der Waals surface area contributed by atoms with Crippen molar-refractivity contribution in [1.29, 1.82) is 0 Å². The van der Waals surface area contributed by atoms with Crippen LogP contribution in [0, 0.1) is 0 Å². The Labute approximate surface area is 215 Å². The molecule has 3 aromatic rings. The number of thioether (sulfide) groups is 1. The monoisotopic (exact) mass is 518 g/mol. The number of methoxy groups -OCH3 is 1. The number of halogens is 2. The van der Waals surface area contributed by atoms with E-state index in [0.29, 0.717) is 22.4 Å². The van der Waals surface area contributed by atoms with Crippen LogP contribution in [0.5, 0.6) is 5.75 Å². The quantitative estimate of drug-likeness (QED) is 0.179. The van der Waals surface area contributed by atoms with E-state index in [9.17, 15) is 4.79 Å². The summed E-state index contributed by atoms with van der Waals surface area (Å²) in [5.41, 5.74) is 3.37. The SMILES string of the molecule is COC(=O)COc1ccc(CCCSCCOC(c2ccc(Cl)cc2)c2ccc(Cl)cc2)cc1. The molecule has 3 rings (SSSR count). The maximum Gasteiger partial charge on any atom is 0.343 e. The average Bonchev–Trinajstić information content (AvgIpc) is 2.86. The summed E-state index contributed by atoms with van der Waals surface area (Å²) in [4.78, 5) is 11.1. The summed E-state index contributed by atoms with van der Waals surface area (Å²) in [7, 11) is 1.34. The molecule has 180 valence electrons. The summed E-state index contributed by atoms with van der Waals surface area (Å²) in [6.07, 6.45) is 1.91. The van der Waals surface area contributed by atoms with Gasteiger partial charge in [0.1, 0.15) is 11.9 Å². The fraction of sp³-hybridized carbons (Fsp3) is 0.296. The molecule has 0 radical (unpaired) electrons. The minimum Gasteiger partial charge on any atom is -0.482 e. The number of hydrogen-bond donors (Lipinski definition) is 0. The molecule has 7 heteroatoms. The van der Waals surface area contributed by atoms with Crippen LogP contribution >= 0.6 is 35.0 Å². The van der Waals surface area contributed by atoms with Gasteiger partial charge in [-0.2, -0.15) is 11.8 Å². The highest BCUT2D eigenvalue weighted by molar-refractivity contribution is 7.99. The van der Waals surface area contributed by atoms with Crippen molar-refractivity contribution in [3.8, 4) is 5.75 Å². The molecule has 0 bridgehead atoms. The molecule has 0 aliphatic carbocycles. The molecule has 34 heavy (non-hydrogen) atoms. The predicted molar refractivity (Wildman–Crippen MR) is 140 cm³/mol. The summed E-state index contributed by atoms with van der Waals surface area (Å²) >= 11 is 14.0. The highest BCUT2D eigenvalue weighted by Gasteiger charge is 2.15. The van der Waals surface area contributed by atoms with Gasteiger partial charge in [0.15, 0.2) is 6.61 Å². The zero-order valence-corrected chi connectivity index (χ0v) is 21.4. The van der Waals surface area contributed by atoms with Gasteiger partial charge in [-0.1, -0.05) is 59.6 Å². The van der Waals surface area contributed by atoms with Crippen LogP contribution in [0.1, 0.15) is 29.2 Å². The number of hydrogen-bond acceptors (Lipinski definition) is 5. The van der Waals surface area contributed by atoms with E-state index >= 15 is 0 Å². The van der Waals surface area contributed by atoms with Gasteiger partial charge in [0.2, 0.25) is 0 Å². The van der Waals surface area contributed by atoms with Gasteiger partial charge in [-0.15, -0.1) is 0 Å². The number of carbonyl (C=O) groups is 1. The van der Waals surface area contributed by atoms with Gasteiger partial charge in [-0.3, -0.25) is 0 Å². The smallest absolute Gasteiger partial charge is 0.343 e. The molecule has 0 aliphatic rings. The Kier molecular flexibility index (Phi) is 11.1. The molecule has 4 nitrogen and oxygen atoms in total. The third-order valence-corrected chi connectivity index (χ3v) is 6.66. The first kappa shape index (κ1) is 26.4. The van der Waals surface area contributed by atoms with Gasteiger partial charge in [-0.25, -0.2) is 4.79 Å². The second-order valence-electron chi connectivity index (χ2n) is 7.58. The van der Waals surface area contributed by atoms with Gasteiger partial charge in [0.05, 0.1) is 13.7 Å². The highest BCUT2D eigenvalue weighted by atomic mass is 35.5. The zero-order chi connectivity index (χ0) is 24.2. The Bertz CT molecular complexity index is 963. The fourth-order valence-corrected chi connectivity index (χ4v) is 4.34. The van der Waals surface area contributed by atoms with Crippen molar-refractivity contribution in [2.75, 3.05) is 31.8 Å². The topological polar surface area (TPSA) is 44.8 Å². The maximum atomic E-state index is 11.1. The first-order valence-electron chi connectivity index (χ1n) is 11.0. The molecule has 0 atom stereocenters. The van der Waals surface area contributed by atoms with Crippen LogP contribution in [0.4, 0.5) is 0 Å². The number of aryl methyl sites for hydroxylation is 1. The van der Waals surface area contributed by atoms with E-state index in [2.05, 4.69) is 4.74 Å². The van der Waals surface area contributed by atoms with Crippen molar-refractivity contribution in [2.24, 2.45) is 0 Å². The largest absolute Gasteiger partial charge is 0.482 e. The zero-order valence-electron chi connectivity index (χ0n) is 19.0. The number of benzene rings is 3. The lowest BCUT2D eigenvalue weighted by molar-refractivity contribution is -0.142. The van der Waals surface area contributed by atoms with E-state index < -0.39 is 5.97 Å². The van der Waals surface area contributed by atoms with E-state index in [-0.39, 0.29) is 12.7 Å². The third-order valence-electron chi connectivity index (χ3n) is 5.12. The molecule has 3 aromatic carbocycles. The molecule has 0 aromatic heterocycles. The van der Waals surface area contributed by atoms with E-state index in [4.69, 9.17) is 32.7 Å². The van der Waals surface area contributed by atoms with E-state index in [1.807, 2.05) is 84.6 Å². The van der Waals surface area contributed by atoms with Gasteiger partial charge < -0.3 is 14.2 Å². The van der Waals surface area contributed by atoms with Crippen molar-refractivity contribution >= 4 is 40.9 Å². The Morgan fingerprint density at radius 1 is 0.853 bits per heavy atom. The van der Waals surface area contributed by atoms with Gasteiger partial charge in [0.25, 0.3) is 0 Å². The molecule has 0 saturated heterocycles. The average molecular weight is 519 g/mol. The van der Waals surface area contributed by atoms with Crippen LogP contribution in [-0.4, -0.2) is 37.8 Å². The molecule has 0 spiro atoms. The second kappa shape index (κ2) is 14.3. The van der Waals surface area contributed by atoms with Gasteiger partial charge in [-0.05, 0) is 71.7 Å². The van der Waals surface area contributed by atoms with Gasteiger partial charge in [0, 0.05) is 15.8 Å². The fourth-order valence-electron chi connectivity index (χ4n) is 3.32. The number of ether oxygens (including phenoxy) is 3. The summed E-state index contributed by atoms with van der Waals surface area (Å²) in [5.74, 6) is 2.24. The van der Waals surface area contributed by atoms with E-state index in [1.165, 1.54) is 12.7 Å². The van der Waals surface area contributed by atoms with Crippen LogP contribution < -0.4 is 4.74 Å². The number of rotatable bonds is 13. The summed E-state index contributed by atoms with van der Waals surface area (Å²) in [5, 5.41) is 1.41. The van der Waals surface area contributed by atoms with E-state index in [1.54, 1.807) is 0 Å². The lowest BCUT2D eigenvalue weighted by atomic mass is 10.0. The van der Waals surface area contributed by atoms with Crippen molar-refractivity contribution < 1.29 is 19.0 Å². The summed E-state index contributed by atoms with van der Waals surface area (Å²) in [6.45, 7) is 0.568. The molecule has 0 unspecified atom stereocenters. The van der Waals surface area contributed by atoms with Crippen LogP contribution in [-0.2, 0) is 20.7 Å². The van der Waals surface area contributed by atoms with Gasteiger partial charge >= 0.3 is 5.97 Å². The Balaban J connectivity index is 1.39. The maximum absolute atomic E-state index is 11.1. The second-order valence-corrected chi connectivity index (χ2v) is 9.68. The van der Waals surface area contributed by atoms with E-state index in [0.717, 1.165) is 35.5 Å². The Morgan fingerprint density at radius 3 is 2.00 bits per heavy atom. The predicted octanol–water partition coefficient (Wildman–Crippen LogP) is 7.02. The highest BCUT2D eigenvalue weighted by Crippen LogP contribution is 2.28. The minimum absolute atomic E-state index is 0.0779. The summed E-state index contributed by atoms with van der Waals surface area (Å²) in [6, 6.07) is 23.4.